The second-order valence-corrected chi connectivity index (χ2v) is 3.92. The normalized spacial score (nSPS) is 19.9. The highest BCUT2D eigenvalue weighted by Gasteiger charge is 2.20. The number of oxime groups is 1. The van der Waals surface area contributed by atoms with Gasteiger partial charge in [-0.05, 0) is 19.1 Å². The van der Waals surface area contributed by atoms with Crippen LogP contribution in [0.15, 0.2) is 17.3 Å². The molecular formula is C10H10ClFN2O. The highest BCUT2D eigenvalue weighted by Crippen LogP contribution is 2.26. The average Bonchev–Trinajstić information content (AvgIpc) is 2.58. The number of nitrogen functional groups attached to an aromatic ring is 1. The molecule has 2 N–H and O–H groups in total. The Labute approximate surface area is 91.7 Å². The Hall–Kier alpha value is -1.29. The largest absolute Gasteiger partial charge is 0.396 e. The number of hydrogen-bond acceptors (Lipinski definition) is 3. The third-order valence-electron chi connectivity index (χ3n) is 2.22. The van der Waals surface area contributed by atoms with Gasteiger partial charge >= 0.3 is 0 Å². The molecule has 0 aromatic heterocycles. The van der Waals surface area contributed by atoms with Crippen LogP contribution >= 0.6 is 11.6 Å². The summed E-state index contributed by atoms with van der Waals surface area (Å²) >= 11 is 5.90. The molecule has 0 saturated carbocycles. The Balaban J connectivity index is 2.41. The molecule has 0 amide bonds. The number of anilines is 1. The van der Waals surface area contributed by atoms with Crippen LogP contribution in [0.25, 0.3) is 0 Å². The predicted molar refractivity (Wildman–Crippen MR) is 57.5 cm³/mol. The van der Waals surface area contributed by atoms with E-state index in [1.807, 2.05) is 6.92 Å². The summed E-state index contributed by atoms with van der Waals surface area (Å²) in [5.41, 5.74) is 6.88. The number of nitrogens with zero attached hydrogens (tertiary/aromatic N) is 1. The van der Waals surface area contributed by atoms with E-state index in [-0.39, 0.29) is 11.8 Å². The molecule has 1 heterocycles. The summed E-state index contributed by atoms with van der Waals surface area (Å²) in [6.07, 6.45) is 0.687. The first kappa shape index (κ1) is 10.2. The summed E-state index contributed by atoms with van der Waals surface area (Å²) < 4.78 is 13.0. The minimum absolute atomic E-state index is 0.0299. The number of benzene rings is 1. The molecule has 0 bridgehead atoms. The van der Waals surface area contributed by atoms with Crippen molar-refractivity contribution in [3.63, 3.8) is 0 Å². The minimum Gasteiger partial charge on any atom is -0.396 e. The molecular weight excluding hydrogens is 219 g/mol. The molecule has 1 aromatic carbocycles. The average molecular weight is 229 g/mol. The third kappa shape index (κ3) is 1.90. The van der Waals surface area contributed by atoms with Gasteiger partial charge in [-0.1, -0.05) is 16.8 Å². The fourth-order valence-corrected chi connectivity index (χ4v) is 1.71. The van der Waals surface area contributed by atoms with Crippen molar-refractivity contribution < 1.29 is 9.23 Å². The van der Waals surface area contributed by atoms with Gasteiger partial charge < -0.3 is 10.6 Å². The Kier molecular flexibility index (Phi) is 2.52. The number of nitrogens with two attached hydrogens (primary N) is 1. The van der Waals surface area contributed by atoms with Crippen molar-refractivity contribution in [3.05, 3.63) is 28.5 Å². The molecule has 1 unspecified atom stereocenters. The van der Waals surface area contributed by atoms with Crippen molar-refractivity contribution >= 4 is 23.0 Å². The van der Waals surface area contributed by atoms with E-state index in [1.165, 1.54) is 12.1 Å². The lowest BCUT2D eigenvalue weighted by Gasteiger charge is -2.04. The van der Waals surface area contributed by atoms with E-state index in [0.29, 0.717) is 22.7 Å². The zero-order chi connectivity index (χ0) is 11.0. The van der Waals surface area contributed by atoms with Crippen LogP contribution in [0.1, 0.15) is 18.9 Å². The van der Waals surface area contributed by atoms with E-state index < -0.39 is 5.82 Å². The molecule has 1 atom stereocenters. The maximum absolute atomic E-state index is 13.0. The third-order valence-corrected chi connectivity index (χ3v) is 2.53. The number of hydrogen-bond donors (Lipinski definition) is 1. The van der Waals surface area contributed by atoms with Gasteiger partial charge in [-0.25, -0.2) is 4.39 Å². The van der Waals surface area contributed by atoms with E-state index >= 15 is 0 Å². The van der Waals surface area contributed by atoms with Gasteiger partial charge in [0.25, 0.3) is 0 Å². The van der Waals surface area contributed by atoms with Gasteiger partial charge in [0.2, 0.25) is 0 Å². The second-order valence-electron chi connectivity index (χ2n) is 3.51. The quantitative estimate of drug-likeness (QED) is 0.751. The lowest BCUT2D eigenvalue weighted by Crippen LogP contribution is -2.05. The van der Waals surface area contributed by atoms with E-state index in [1.54, 1.807) is 0 Å². The SMILES string of the molecule is CC1CC(c2cc(N)c(F)cc2Cl)=NO1. The molecule has 0 aliphatic carbocycles. The lowest BCUT2D eigenvalue weighted by molar-refractivity contribution is 0.0995. The standard InChI is InChI=1S/C10H10ClFN2O/c1-5-2-10(14-15-5)6-3-9(13)8(12)4-7(6)11/h3-5H,2,13H2,1H3. The van der Waals surface area contributed by atoms with Crippen molar-refractivity contribution in [2.75, 3.05) is 5.73 Å². The van der Waals surface area contributed by atoms with Gasteiger partial charge in [0.05, 0.1) is 16.4 Å². The van der Waals surface area contributed by atoms with E-state index in [2.05, 4.69) is 5.16 Å². The first-order chi connectivity index (χ1) is 7.08. The number of halogens is 2. The first-order valence-electron chi connectivity index (χ1n) is 4.55. The van der Waals surface area contributed by atoms with Crippen molar-refractivity contribution in [3.8, 4) is 0 Å². The molecule has 0 fully saturated rings. The van der Waals surface area contributed by atoms with E-state index in [9.17, 15) is 4.39 Å². The Morgan fingerprint density at radius 1 is 1.60 bits per heavy atom. The van der Waals surface area contributed by atoms with Gasteiger partial charge in [0.1, 0.15) is 11.9 Å². The van der Waals surface area contributed by atoms with Crippen molar-refractivity contribution in [2.24, 2.45) is 5.16 Å². The van der Waals surface area contributed by atoms with Gasteiger partial charge in [0.15, 0.2) is 0 Å². The van der Waals surface area contributed by atoms with Crippen LogP contribution in [-0.2, 0) is 4.84 Å². The molecule has 0 saturated heterocycles. The second kappa shape index (κ2) is 3.70. The van der Waals surface area contributed by atoms with Gasteiger partial charge in [0, 0.05) is 12.0 Å². The zero-order valence-electron chi connectivity index (χ0n) is 8.13. The first-order valence-corrected chi connectivity index (χ1v) is 4.93. The van der Waals surface area contributed by atoms with Crippen molar-refractivity contribution in [2.45, 2.75) is 19.4 Å². The Morgan fingerprint density at radius 2 is 2.33 bits per heavy atom. The molecule has 80 valence electrons. The fraction of sp³-hybridized carbons (Fsp3) is 0.300. The zero-order valence-corrected chi connectivity index (χ0v) is 8.88. The molecule has 15 heavy (non-hydrogen) atoms. The summed E-state index contributed by atoms with van der Waals surface area (Å²) in [6, 6.07) is 2.68. The minimum atomic E-state index is -0.517. The smallest absolute Gasteiger partial charge is 0.147 e. The van der Waals surface area contributed by atoms with E-state index in [0.717, 1.165) is 0 Å². The summed E-state index contributed by atoms with van der Waals surface area (Å²) in [4.78, 5) is 5.04. The Morgan fingerprint density at radius 3 is 2.93 bits per heavy atom. The molecule has 1 aromatic rings. The summed E-state index contributed by atoms with van der Waals surface area (Å²) in [7, 11) is 0. The van der Waals surface area contributed by atoms with E-state index in [4.69, 9.17) is 22.2 Å². The van der Waals surface area contributed by atoms with Crippen LogP contribution in [0.5, 0.6) is 0 Å². The maximum atomic E-state index is 13.0. The maximum Gasteiger partial charge on any atom is 0.147 e. The van der Waals surface area contributed by atoms with Crippen molar-refractivity contribution in [1.82, 2.24) is 0 Å². The van der Waals surface area contributed by atoms with Crippen molar-refractivity contribution in [1.29, 1.82) is 0 Å². The monoisotopic (exact) mass is 228 g/mol. The predicted octanol–water partition coefficient (Wildman–Crippen LogP) is 2.57. The van der Waals surface area contributed by atoms with Gasteiger partial charge in [-0.15, -0.1) is 0 Å². The molecule has 2 rings (SSSR count). The van der Waals surface area contributed by atoms with Crippen LogP contribution in [0.4, 0.5) is 10.1 Å². The Bertz CT molecular complexity index is 434. The van der Waals surface area contributed by atoms with Crippen LogP contribution in [-0.4, -0.2) is 11.8 Å². The summed E-state index contributed by atoms with van der Waals surface area (Å²) in [6.45, 7) is 1.90. The summed E-state index contributed by atoms with van der Waals surface area (Å²) in [5.74, 6) is -0.517. The molecule has 1 aliphatic heterocycles. The summed E-state index contributed by atoms with van der Waals surface area (Å²) in [5, 5.41) is 4.18. The van der Waals surface area contributed by atoms with Crippen LogP contribution in [0, 0.1) is 5.82 Å². The molecule has 3 nitrogen and oxygen atoms in total. The lowest BCUT2D eigenvalue weighted by atomic mass is 10.0. The van der Waals surface area contributed by atoms with Crippen LogP contribution in [0.3, 0.4) is 0 Å². The topological polar surface area (TPSA) is 47.6 Å². The van der Waals surface area contributed by atoms with Gasteiger partial charge in [-0.2, -0.15) is 0 Å². The highest BCUT2D eigenvalue weighted by molar-refractivity contribution is 6.34. The molecule has 1 aliphatic rings. The van der Waals surface area contributed by atoms with Crippen LogP contribution < -0.4 is 5.73 Å². The highest BCUT2D eigenvalue weighted by atomic mass is 35.5. The van der Waals surface area contributed by atoms with Crippen LogP contribution in [0.2, 0.25) is 5.02 Å². The molecule has 5 heteroatoms. The van der Waals surface area contributed by atoms with Gasteiger partial charge in [-0.3, -0.25) is 0 Å². The molecule has 0 radical (unpaired) electrons. The molecule has 0 spiro atoms. The number of rotatable bonds is 1. The fourth-order valence-electron chi connectivity index (χ4n) is 1.45.